The lowest BCUT2D eigenvalue weighted by atomic mass is 9.99. The van der Waals surface area contributed by atoms with E-state index in [2.05, 4.69) is 11.0 Å². The van der Waals surface area contributed by atoms with Crippen LogP contribution in [0.5, 0.6) is 17.2 Å². The van der Waals surface area contributed by atoms with Gasteiger partial charge in [-0.2, -0.15) is 0 Å². The summed E-state index contributed by atoms with van der Waals surface area (Å²) >= 11 is 0. The fourth-order valence-corrected chi connectivity index (χ4v) is 4.08. The third kappa shape index (κ3) is 7.76. The average Bonchev–Trinajstić information content (AvgIpc) is 2.96. The fraction of sp³-hybridized carbons (Fsp3) is 0.281. The molecule has 2 N–H and O–H groups in total. The Balaban J connectivity index is 0.00000183. The highest BCUT2D eigenvalue weighted by atomic mass is 16.5. The van der Waals surface area contributed by atoms with Crippen molar-refractivity contribution >= 4 is 11.8 Å². The van der Waals surface area contributed by atoms with E-state index < -0.39 is 6.04 Å². The van der Waals surface area contributed by atoms with Gasteiger partial charge in [-0.15, -0.1) is 5.73 Å². The zero-order valence-electron chi connectivity index (χ0n) is 22.9. The molecular weight excluding hydrogens is 492 g/mol. The molecule has 0 spiro atoms. The lowest BCUT2D eigenvalue weighted by Crippen LogP contribution is -2.43. The molecule has 39 heavy (non-hydrogen) atoms. The second kappa shape index (κ2) is 14.5. The SMILES string of the molecule is CC.COc1ccc(CNC(=O)C(c2ccc(OC)cc2)N(C(=O)CCc2ccc(O)cc2)C2=C=CC2)cc1.[HH]. The lowest BCUT2D eigenvalue weighted by molar-refractivity contribution is -0.138. The van der Waals surface area contributed by atoms with Gasteiger partial charge in [-0.3, -0.25) is 14.5 Å². The second-order valence-electron chi connectivity index (χ2n) is 8.67. The first-order chi connectivity index (χ1) is 19.0. The van der Waals surface area contributed by atoms with Crippen LogP contribution in [0.3, 0.4) is 0 Å². The van der Waals surface area contributed by atoms with Gasteiger partial charge in [0, 0.05) is 20.8 Å². The molecule has 2 amide bonds. The summed E-state index contributed by atoms with van der Waals surface area (Å²) in [6.07, 6.45) is 3.09. The van der Waals surface area contributed by atoms with Gasteiger partial charge in [-0.25, -0.2) is 0 Å². The van der Waals surface area contributed by atoms with Crippen molar-refractivity contribution in [1.82, 2.24) is 10.2 Å². The van der Waals surface area contributed by atoms with Crippen LogP contribution < -0.4 is 14.8 Å². The fourth-order valence-electron chi connectivity index (χ4n) is 4.08. The highest BCUT2D eigenvalue weighted by Crippen LogP contribution is 2.31. The van der Waals surface area contributed by atoms with Crippen molar-refractivity contribution in [2.45, 2.75) is 45.7 Å². The van der Waals surface area contributed by atoms with Crippen molar-refractivity contribution in [2.75, 3.05) is 14.2 Å². The van der Waals surface area contributed by atoms with Crippen LogP contribution >= 0.6 is 0 Å². The minimum Gasteiger partial charge on any atom is -0.508 e. The molecule has 0 fully saturated rings. The van der Waals surface area contributed by atoms with Crippen LogP contribution in [0.4, 0.5) is 0 Å². The van der Waals surface area contributed by atoms with Crippen LogP contribution in [0.2, 0.25) is 0 Å². The van der Waals surface area contributed by atoms with E-state index in [0.717, 1.165) is 16.9 Å². The summed E-state index contributed by atoms with van der Waals surface area (Å²) in [5.74, 6) is 1.10. The largest absolute Gasteiger partial charge is 0.508 e. The first kappa shape index (κ1) is 29.1. The number of carbonyl (C=O) groups is 2. The minimum atomic E-state index is -0.868. The molecule has 1 aliphatic rings. The van der Waals surface area contributed by atoms with Crippen molar-refractivity contribution in [3.8, 4) is 17.2 Å². The number of hydrogen-bond donors (Lipinski definition) is 2. The molecule has 1 aliphatic carbocycles. The van der Waals surface area contributed by atoms with Crippen molar-refractivity contribution < 1.29 is 25.6 Å². The molecule has 3 aromatic carbocycles. The van der Waals surface area contributed by atoms with Gasteiger partial charge in [0.05, 0.1) is 19.9 Å². The van der Waals surface area contributed by atoms with Gasteiger partial charge in [0.15, 0.2) is 0 Å². The zero-order valence-corrected chi connectivity index (χ0v) is 22.9. The van der Waals surface area contributed by atoms with Crippen molar-refractivity contribution in [3.05, 3.63) is 107 Å². The third-order valence-electron chi connectivity index (χ3n) is 6.25. The van der Waals surface area contributed by atoms with E-state index in [1.54, 1.807) is 67.7 Å². The molecule has 3 aromatic rings. The van der Waals surface area contributed by atoms with Gasteiger partial charge in [0.2, 0.25) is 11.8 Å². The number of ether oxygens (including phenoxy) is 2. The Morgan fingerprint density at radius 2 is 1.46 bits per heavy atom. The Labute approximate surface area is 231 Å². The Morgan fingerprint density at radius 1 is 0.923 bits per heavy atom. The average molecular weight is 531 g/mol. The molecule has 0 aliphatic heterocycles. The van der Waals surface area contributed by atoms with Crippen LogP contribution in [-0.2, 0) is 22.6 Å². The Bertz CT molecular complexity index is 1300. The highest BCUT2D eigenvalue weighted by molar-refractivity contribution is 5.90. The smallest absolute Gasteiger partial charge is 0.248 e. The first-order valence-electron chi connectivity index (χ1n) is 13.1. The van der Waals surface area contributed by atoms with Gasteiger partial charge in [0.1, 0.15) is 23.3 Å². The number of phenolic OH excluding ortho intramolecular Hbond substituents is 1. The number of aromatic hydroxyl groups is 1. The quantitative estimate of drug-likeness (QED) is 0.300. The van der Waals surface area contributed by atoms with Crippen molar-refractivity contribution in [3.63, 3.8) is 0 Å². The molecule has 1 atom stereocenters. The Kier molecular flexibility index (Phi) is 10.8. The van der Waals surface area contributed by atoms with E-state index in [0.29, 0.717) is 36.4 Å². The van der Waals surface area contributed by atoms with E-state index in [4.69, 9.17) is 9.47 Å². The lowest BCUT2D eigenvalue weighted by Gasteiger charge is -2.33. The molecular formula is C32H38N2O5. The first-order valence-corrected chi connectivity index (χ1v) is 13.1. The molecule has 4 rings (SSSR count). The van der Waals surface area contributed by atoms with Gasteiger partial charge in [-0.1, -0.05) is 50.2 Å². The monoisotopic (exact) mass is 530 g/mol. The number of nitrogens with zero attached hydrogens (tertiary/aromatic N) is 1. The number of phenols is 1. The summed E-state index contributed by atoms with van der Waals surface area (Å²) in [4.78, 5) is 28.8. The van der Waals surface area contributed by atoms with Gasteiger partial charge in [0.25, 0.3) is 0 Å². The molecule has 0 radical (unpaired) electrons. The Hall–Kier alpha value is -4.48. The number of rotatable bonds is 11. The van der Waals surface area contributed by atoms with E-state index >= 15 is 0 Å². The number of methoxy groups -OCH3 is 2. The topological polar surface area (TPSA) is 88.1 Å². The van der Waals surface area contributed by atoms with Crippen molar-refractivity contribution in [1.29, 1.82) is 0 Å². The maximum atomic E-state index is 13.7. The summed E-state index contributed by atoms with van der Waals surface area (Å²) in [6.45, 7) is 4.31. The summed E-state index contributed by atoms with van der Waals surface area (Å²) in [6, 6.07) is 20.5. The maximum absolute atomic E-state index is 13.7. The van der Waals surface area contributed by atoms with Crippen LogP contribution in [0.1, 0.15) is 50.8 Å². The molecule has 0 heterocycles. The molecule has 0 saturated heterocycles. The number of aryl methyl sites for hydroxylation is 1. The predicted molar refractivity (Wildman–Crippen MR) is 154 cm³/mol. The van der Waals surface area contributed by atoms with E-state index in [9.17, 15) is 14.7 Å². The van der Waals surface area contributed by atoms with E-state index in [1.807, 2.05) is 44.2 Å². The van der Waals surface area contributed by atoms with Crippen LogP contribution in [-0.4, -0.2) is 36.0 Å². The summed E-state index contributed by atoms with van der Waals surface area (Å²) < 4.78 is 10.5. The third-order valence-corrected chi connectivity index (χ3v) is 6.25. The van der Waals surface area contributed by atoms with Gasteiger partial charge >= 0.3 is 0 Å². The number of carbonyl (C=O) groups excluding carboxylic acids is 2. The molecule has 0 saturated carbocycles. The molecule has 7 nitrogen and oxygen atoms in total. The van der Waals surface area contributed by atoms with Crippen LogP contribution in [0, 0.1) is 0 Å². The summed E-state index contributed by atoms with van der Waals surface area (Å²) in [7, 11) is 3.18. The molecule has 0 aromatic heterocycles. The molecule has 206 valence electrons. The number of amides is 2. The number of hydrogen-bond acceptors (Lipinski definition) is 5. The van der Waals surface area contributed by atoms with Crippen LogP contribution in [0.15, 0.2) is 90.3 Å². The summed E-state index contributed by atoms with van der Waals surface area (Å²) in [5.41, 5.74) is 6.28. The molecule has 7 heteroatoms. The number of benzene rings is 3. The summed E-state index contributed by atoms with van der Waals surface area (Å²) in [5, 5.41) is 12.5. The van der Waals surface area contributed by atoms with E-state index in [-0.39, 0.29) is 25.4 Å². The maximum Gasteiger partial charge on any atom is 0.248 e. The Morgan fingerprint density at radius 3 is 1.97 bits per heavy atom. The standard InChI is InChI=1S/C30H30N2O5.C2H6.H2/c1-36-26-15-8-22(9-16-26)20-31-30(35)29(23-11-17-27(37-2)18-12-23)32(24-4-3-5-24)28(34)19-10-21-6-13-25(33)14-7-21;1-2;/h3,6-9,11-18,29,33H,4,10,19-20H2,1-2H3,(H,31,35);1-2H3;1H. The van der Waals surface area contributed by atoms with Crippen molar-refractivity contribution in [2.24, 2.45) is 0 Å². The zero-order chi connectivity index (χ0) is 28.2. The van der Waals surface area contributed by atoms with E-state index in [1.165, 1.54) is 0 Å². The van der Waals surface area contributed by atoms with Gasteiger partial charge < -0.3 is 19.9 Å². The predicted octanol–water partition coefficient (Wildman–Crippen LogP) is 5.94. The van der Waals surface area contributed by atoms with Crippen LogP contribution in [0.25, 0.3) is 0 Å². The highest BCUT2D eigenvalue weighted by Gasteiger charge is 2.34. The van der Waals surface area contributed by atoms with Gasteiger partial charge in [-0.05, 0) is 65.6 Å². The number of nitrogens with one attached hydrogen (secondary N) is 1. The minimum absolute atomic E-state index is 0. The molecule has 1 unspecified atom stereocenters. The second-order valence-corrected chi connectivity index (χ2v) is 8.67. The normalized spacial score (nSPS) is 12.2. The molecule has 0 bridgehead atoms.